The highest BCUT2D eigenvalue weighted by atomic mass is 16.6. The molecule has 2 aromatic rings. The first kappa shape index (κ1) is 23.2. The van der Waals surface area contributed by atoms with Crippen molar-refractivity contribution in [1.82, 2.24) is 19.8 Å². The quantitative estimate of drug-likeness (QED) is 0.537. The number of nitrogens with two attached hydrogens (primary N) is 1. The van der Waals surface area contributed by atoms with Crippen molar-refractivity contribution in [2.75, 3.05) is 39.0 Å². The summed E-state index contributed by atoms with van der Waals surface area (Å²) in [5.41, 5.74) is 9.93. The van der Waals surface area contributed by atoms with Crippen LogP contribution in [0.1, 0.15) is 42.4 Å². The maximum atomic E-state index is 13.2. The lowest BCUT2D eigenvalue weighted by Crippen LogP contribution is -2.46. The van der Waals surface area contributed by atoms with Crippen LogP contribution in [0.5, 0.6) is 0 Å². The summed E-state index contributed by atoms with van der Waals surface area (Å²) in [6.45, 7) is 6.27. The van der Waals surface area contributed by atoms with Crippen LogP contribution in [0, 0.1) is 18.8 Å². The van der Waals surface area contributed by atoms with Gasteiger partial charge in [0.15, 0.2) is 0 Å². The minimum atomic E-state index is 0.115. The molecule has 1 aromatic carbocycles. The van der Waals surface area contributed by atoms with E-state index in [1.165, 1.54) is 5.56 Å². The zero-order chi connectivity index (χ0) is 23.2. The molecule has 1 amide bonds. The van der Waals surface area contributed by atoms with E-state index in [-0.39, 0.29) is 5.92 Å². The van der Waals surface area contributed by atoms with Crippen LogP contribution in [0.3, 0.4) is 0 Å². The molecule has 0 unspecified atom stereocenters. The van der Waals surface area contributed by atoms with Crippen LogP contribution >= 0.6 is 0 Å². The second-order valence-corrected chi connectivity index (χ2v) is 9.13. The molecule has 33 heavy (non-hydrogen) atoms. The molecule has 2 aliphatic rings. The Bertz CT molecular complexity index is 961. The van der Waals surface area contributed by atoms with Crippen LogP contribution in [-0.2, 0) is 16.2 Å². The highest BCUT2D eigenvalue weighted by Crippen LogP contribution is 2.27. The van der Waals surface area contributed by atoms with E-state index in [1.54, 1.807) is 19.5 Å². The Morgan fingerprint density at radius 2 is 1.76 bits per heavy atom. The Morgan fingerprint density at radius 1 is 1.09 bits per heavy atom. The van der Waals surface area contributed by atoms with E-state index in [4.69, 9.17) is 10.6 Å². The van der Waals surface area contributed by atoms with Crippen molar-refractivity contribution >= 4 is 17.6 Å². The largest absolute Gasteiger partial charge is 0.399 e. The van der Waals surface area contributed by atoms with Crippen LogP contribution < -0.4 is 5.73 Å². The van der Waals surface area contributed by atoms with Crippen LogP contribution in [-0.4, -0.2) is 64.7 Å². The van der Waals surface area contributed by atoms with Gasteiger partial charge in [0, 0.05) is 49.4 Å². The first-order valence-corrected chi connectivity index (χ1v) is 11.8. The maximum Gasteiger partial charge on any atom is 0.225 e. The fraction of sp³-hybridized carbons (Fsp3) is 0.520. The Hall–Kier alpha value is -3.00. The second kappa shape index (κ2) is 10.7. The minimum absolute atomic E-state index is 0.115. The van der Waals surface area contributed by atoms with Gasteiger partial charge in [0.05, 0.1) is 5.71 Å². The van der Waals surface area contributed by atoms with Gasteiger partial charge >= 0.3 is 0 Å². The highest BCUT2D eigenvalue weighted by molar-refractivity contribution is 6.02. The number of piperidine rings is 2. The summed E-state index contributed by atoms with van der Waals surface area (Å²) in [5.74, 6) is 1.03. The summed E-state index contributed by atoms with van der Waals surface area (Å²) in [6, 6.07) is 8.39. The average molecular weight is 451 g/mol. The van der Waals surface area contributed by atoms with Gasteiger partial charge in [-0.1, -0.05) is 35.0 Å². The van der Waals surface area contributed by atoms with Crippen molar-refractivity contribution in [3.63, 3.8) is 0 Å². The van der Waals surface area contributed by atoms with Gasteiger partial charge < -0.3 is 15.5 Å². The number of hydrogen-bond donors (Lipinski definition) is 1. The highest BCUT2D eigenvalue weighted by Gasteiger charge is 2.32. The molecule has 0 saturated carbocycles. The summed E-state index contributed by atoms with van der Waals surface area (Å²) >= 11 is 0. The molecule has 0 spiro atoms. The van der Waals surface area contributed by atoms with E-state index in [9.17, 15) is 4.79 Å². The van der Waals surface area contributed by atoms with E-state index in [1.807, 2.05) is 0 Å². The molecule has 4 rings (SSSR count). The SMILES string of the molecule is CO/N=C(\c1cccc(C)c1)C1CCN(C(=O)C2CCN(Cc3cnc(N)nc3)CC2)CC1. The molecule has 3 heterocycles. The molecule has 2 aliphatic heterocycles. The Morgan fingerprint density at radius 3 is 2.39 bits per heavy atom. The fourth-order valence-corrected chi connectivity index (χ4v) is 4.94. The number of nitrogens with zero attached hydrogens (tertiary/aromatic N) is 5. The van der Waals surface area contributed by atoms with Gasteiger partial charge in [0.25, 0.3) is 0 Å². The van der Waals surface area contributed by atoms with Crippen molar-refractivity contribution < 1.29 is 9.63 Å². The smallest absolute Gasteiger partial charge is 0.225 e. The van der Waals surface area contributed by atoms with Crippen LogP contribution in [0.25, 0.3) is 0 Å². The number of aromatic nitrogens is 2. The third-order valence-corrected chi connectivity index (χ3v) is 6.77. The predicted molar refractivity (Wildman–Crippen MR) is 128 cm³/mol. The summed E-state index contributed by atoms with van der Waals surface area (Å²) in [4.78, 5) is 30.9. The molecule has 1 aromatic heterocycles. The number of rotatable bonds is 6. The Balaban J connectivity index is 1.28. The van der Waals surface area contributed by atoms with E-state index in [2.05, 4.69) is 56.1 Å². The van der Waals surface area contributed by atoms with Crippen LogP contribution in [0.2, 0.25) is 0 Å². The van der Waals surface area contributed by atoms with E-state index in [0.717, 1.165) is 75.2 Å². The number of hydrogen-bond acceptors (Lipinski definition) is 7. The number of aryl methyl sites for hydroxylation is 1. The molecule has 0 atom stereocenters. The molecular formula is C25H34N6O2. The third kappa shape index (κ3) is 5.87. The molecule has 8 nitrogen and oxygen atoms in total. The van der Waals surface area contributed by atoms with Crippen molar-refractivity contribution in [1.29, 1.82) is 0 Å². The number of carbonyl (C=O) groups is 1. The van der Waals surface area contributed by atoms with Crippen molar-refractivity contribution in [3.05, 3.63) is 53.3 Å². The van der Waals surface area contributed by atoms with E-state index < -0.39 is 0 Å². The summed E-state index contributed by atoms with van der Waals surface area (Å²) < 4.78 is 0. The van der Waals surface area contributed by atoms with Crippen LogP contribution in [0.4, 0.5) is 5.95 Å². The molecule has 176 valence electrons. The average Bonchev–Trinajstić information content (AvgIpc) is 2.84. The number of anilines is 1. The first-order chi connectivity index (χ1) is 16.0. The van der Waals surface area contributed by atoms with Gasteiger partial charge in [0.2, 0.25) is 11.9 Å². The Labute approximate surface area is 195 Å². The van der Waals surface area contributed by atoms with Gasteiger partial charge in [-0.3, -0.25) is 9.69 Å². The third-order valence-electron chi connectivity index (χ3n) is 6.77. The van der Waals surface area contributed by atoms with Gasteiger partial charge in [-0.05, 0) is 51.3 Å². The topological polar surface area (TPSA) is 96.9 Å². The second-order valence-electron chi connectivity index (χ2n) is 9.13. The van der Waals surface area contributed by atoms with Crippen molar-refractivity contribution in [3.8, 4) is 0 Å². The van der Waals surface area contributed by atoms with Gasteiger partial charge in [-0.25, -0.2) is 9.97 Å². The maximum absolute atomic E-state index is 13.2. The fourth-order valence-electron chi connectivity index (χ4n) is 4.94. The van der Waals surface area contributed by atoms with E-state index in [0.29, 0.717) is 17.8 Å². The molecule has 0 radical (unpaired) electrons. The molecule has 2 fully saturated rings. The molecule has 2 saturated heterocycles. The lowest BCUT2D eigenvalue weighted by molar-refractivity contribution is -0.138. The Kier molecular flexibility index (Phi) is 7.54. The van der Waals surface area contributed by atoms with Crippen LogP contribution in [0.15, 0.2) is 41.8 Å². The zero-order valence-electron chi connectivity index (χ0n) is 19.6. The normalized spacial score (nSPS) is 19.0. The molecule has 8 heteroatoms. The number of oxime groups is 1. The van der Waals surface area contributed by atoms with Gasteiger partial charge in [-0.2, -0.15) is 0 Å². The van der Waals surface area contributed by atoms with E-state index >= 15 is 0 Å². The molecule has 0 aliphatic carbocycles. The standard InChI is InChI=1S/C25H34N6O2/c1-18-4-3-5-22(14-18)23(29-33-2)20-8-12-31(13-9-20)24(32)21-6-10-30(11-7-21)17-19-15-27-25(26)28-16-19/h3-5,14-16,20-21H,6-13,17H2,1-2H3,(H2,26,27,28)/b29-23-. The number of carbonyl (C=O) groups excluding carboxylic acids is 1. The summed E-state index contributed by atoms with van der Waals surface area (Å²) in [5, 5.41) is 4.36. The minimum Gasteiger partial charge on any atom is -0.399 e. The summed E-state index contributed by atoms with van der Waals surface area (Å²) in [6.07, 6.45) is 7.18. The zero-order valence-corrected chi connectivity index (χ0v) is 19.6. The van der Waals surface area contributed by atoms with Crippen molar-refractivity contribution in [2.45, 2.75) is 39.2 Å². The monoisotopic (exact) mass is 450 g/mol. The number of nitrogen functional groups attached to an aromatic ring is 1. The molecular weight excluding hydrogens is 416 g/mol. The van der Waals surface area contributed by atoms with Gasteiger partial charge in [0.1, 0.15) is 7.11 Å². The lowest BCUT2D eigenvalue weighted by Gasteiger charge is -2.37. The predicted octanol–water partition coefficient (Wildman–Crippen LogP) is 2.87. The van der Waals surface area contributed by atoms with Crippen molar-refractivity contribution in [2.24, 2.45) is 17.0 Å². The molecule has 0 bridgehead atoms. The first-order valence-electron chi connectivity index (χ1n) is 11.8. The number of benzene rings is 1. The number of likely N-dealkylation sites (tertiary alicyclic amines) is 2. The number of amides is 1. The lowest BCUT2D eigenvalue weighted by atomic mass is 9.86. The molecule has 2 N–H and O–H groups in total. The van der Waals surface area contributed by atoms with Gasteiger partial charge in [-0.15, -0.1) is 0 Å². The summed E-state index contributed by atoms with van der Waals surface area (Å²) in [7, 11) is 1.60.